The summed E-state index contributed by atoms with van der Waals surface area (Å²) in [4.78, 5) is 12.5. The molecule has 1 heterocycles. The highest BCUT2D eigenvalue weighted by Crippen LogP contribution is 2.43. The van der Waals surface area contributed by atoms with E-state index in [9.17, 15) is 4.79 Å². The van der Waals surface area contributed by atoms with Gasteiger partial charge < -0.3 is 10.1 Å². The third-order valence-corrected chi connectivity index (χ3v) is 7.01. The van der Waals surface area contributed by atoms with Crippen molar-refractivity contribution in [2.45, 2.75) is 29.8 Å². The number of methoxy groups -OCH3 is 1. The number of amides is 1. The standard InChI is InChI=1S/C22H23BrN4O2S/c1-29-19-8-6-18(7-9-19)27-15-25-26-21(27)30-13-20(28)24-14-22(10-3-11-22)16-4-2-5-17(23)12-16/h2,4-9,12,15H,3,10-11,13-14H2,1H3,(H,24,28). The van der Waals surface area contributed by atoms with Gasteiger partial charge in [-0.2, -0.15) is 0 Å². The highest BCUT2D eigenvalue weighted by atomic mass is 79.9. The van der Waals surface area contributed by atoms with Crippen LogP contribution in [-0.4, -0.2) is 40.1 Å². The summed E-state index contributed by atoms with van der Waals surface area (Å²) in [5, 5.41) is 12.0. The normalized spacial score (nSPS) is 14.7. The number of thioether (sulfide) groups is 1. The van der Waals surface area contributed by atoms with Gasteiger partial charge in [0.2, 0.25) is 5.91 Å². The molecule has 0 atom stereocenters. The quantitative estimate of drug-likeness (QED) is 0.478. The first-order valence-corrected chi connectivity index (χ1v) is 11.6. The van der Waals surface area contributed by atoms with Crippen molar-refractivity contribution in [3.63, 3.8) is 0 Å². The van der Waals surface area contributed by atoms with Crippen molar-refractivity contribution < 1.29 is 9.53 Å². The van der Waals surface area contributed by atoms with Crippen LogP contribution in [0.25, 0.3) is 5.69 Å². The predicted molar refractivity (Wildman–Crippen MR) is 121 cm³/mol. The molecule has 0 spiro atoms. The number of rotatable bonds is 8. The van der Waals surface area contributed by atoms with Gasteiger partial charge in [-0.15, -0.1) is 10.2 Å². The van der Waals surface area contributed by atoms with Crippen LogP contribution in [0.5, 0.6) is 5.75 Å². The number of aromatic nitrogens is 3. The summed E-state index contributed by atoms with van der Waals surface area (Å²) in [5.74, 6) is 1.09. The Balaban J connectivity index is 1.35. The van der Waals surface area contributed by atoms with Crippen LogP contribution in [-0.2, 0) is 10.2 Å². The summed E-state index contributed by atoms with van der Waals surface area (Å²) < 4.78 is 8.14. The molecule has 1 amide bonds. The van der Waals surface area contributed by atoms with E-state index in [1.165, 1.54) is 23.7 Å². The molecule has 1 fully saturated rings. The Morgan fingerprint density at radius 2 is 2.07 bits per heavy atom. The second-order valence-electron chi connectivity index (χ2n) is 7.39. The van der Waals surface area contributed by atoms with Crippen molar-refractivity contribution in [3.8, 4) is 11.4 Å². The topological polar surface area (TPSA) is 69.0 Å². The lowest BCUT2D eigenvalue weighted by atomic mass is 9.64. The first kappa shape index (κ1) is 20.9. The van der Waals surface area contributed by atoms with Gasteiger partial charge in [0.1, 0.15) is 12.1 Å². The Morgan fingerprint density at radius 1 is 1.27 bits per heavy atom. The smallest absolute Gasteiger partial charge is 0.230 e. The van der Waals surface area contributed by atoms with Crippen LogP contribution >= 0.6 is 27.7 Å². The molecule has 30 heavy (non-hydrogen) atoms. The summed E-state index contributed by atoms with van der Waals surface area (Å²) in [5.41, 5.74) is 2.26. The highest BCUT2D eigenvalue weighted by Gasteiger charge is 2.38. The van der Waals surface area contributed by atoms with Gasteiger partial charge in [0.25, 0.3) is 0 Å². The zero-order valence-corrected chi connectivity index (χ0v) is 19.1. The SMILES string of the molecule is COc1ccc(-n2cnnc2SCC(=O)NCC2(c3cccc(Br)c3)CCC2)cc1. The average Bonchev–Trinajstić information content (AvgIpc) is 3.20. The lowest BCUT2D eigenvalue weighted by molar-refractivity contribution is -0.119. The van der Waals surface area contributed by atoms with E-state index in [0.717, 1.165) is 28.8 Å². The number of carbonyl (C=O) groups excluding carboxylic acids is 1. The molecule has 1 saturated carbocycles. The third-order valence-electron chi connectivity index (χ3n) is 5.57. The molecule has 1 N–H and O–H groups in total. The Labute approximate surface area is 188 Å². The van der Waals surface area contributed by atoms with Crippen molar-refractivity contribution in [2.24, 2.45) is 0 Å². The maximum atomic E-state index is 12.5. The fourth-order valence-corrected chi connectivity index (χ4v) is 4.84. The van der Waals surface area contributed by atoms with Crippen LogP contribution in [0.3, 0.4) is 0 Å². The average molecular weight is 487 g/mol. The van der Waals surface area contributed by atoms with E-state index < -0.39 is 0 Å². The monoisotopic (exact) mass is 486 g/mol. The van der Waals surface area contributed by atoms with E-state index in [0.29, 0.717) is 17.5 Å². The number of ether oxygens (including phenoxy) is 1. The Kier molecular flexibility index (Phi) is 6.43. The first-order chi connectivity index (χ1) is 14.6. The van der Waals surface area contributed by atoms with Gasteiger partial charge in [0.15, 0.2) is 5.16 Å². The number of hydrogen-bond donors (Lipinski definition) is 1. The van der Waals surface area contributed by atoms with E-state index in [4.69, 9.17) is 4.74 Å². The van der Waals surface area contributed by atoms with Crippen LogP contribution in [0.4, 0.5) is 0 Å². The van der Waals surface area contributed by atoms with Gasteiger partial charge in [-0.25, -0.2) is 0 Å². The largest absolute Gasteiger partial charge is 0.497 e. The predicted octanol–water partition coefficient (Wildman–Crippen LogP) is 4.37. The number of nitrogens with one attached hydrogen (secondary N) is 1. The Bertz CT molecular complexity index is 1020. The van der Waals surface area contributed by atoms with Crippen molar-refractivity contribution in [1.82, 2.24) is 20.1 Å². The van der Waals surface area contributed by atoms with Crippen LogP contribution in [0.15, 0.2) is 64.5 Å². The van der Waals surface area contributed by atoms with Crippen molar-refractivity contribution in [3.05, 3.63) is 64.9 Å². The van der Waals surface area contributed by atoms with Gasteiger partial charge in [-0.1, -0.05) is 46.2 Å². The maximum absolute atomic E-state index is 12.5. The van der Waals surface area contributed by atoms with E-state index >= 15 is 0 Å². The number of benzene rings is 2. The molecule has 4 rings (SSSR count). The maximum Gasteiger partial charge on any atom is 0.230 e. The van der Waals surface area contributed by atoms with Gasteiger partial charge in [-0.3, -0.25) is 9.36 Å². The molecule has 2 aromatic carbocycles. The van der Waals surface area contributed by atoms with E-state index in [1.807, 2.05) is 34.9 Å². The number of carbonyl (C=O) groups is 1. The lowest BCUT2D eigenvalue weighted by Crippen LogP contribution is -2.46. The van der Waals surface area contributed by atoms with Gasteiger partial charge >= 0.3 is 0 Å². The zero-order chi connectivity index (χ0) is 21.0. The summed E-state index contributed by atoms with van der Waals surface area (Å²) >= 11 is 4.94. The number of halogens is 1. The molecule has 0 radical (unpaired) electrons. The molecule has 0 saturated heterocycles. The van der Waals surface area contributed by atoms with E-state index in [2.05, 4.69) is 49.6 Å². The summed E-state index contributed by atoms with van der Waals surface area (Å²) in [6.07, 6.45) is 5.05. The van der Waals surface area contributed by atoms with Crippen molar-refractivity contribution in [1.29, 1.82) is 0 Å². The van der Waals surface area contributed by atoms with E-state index in [-0.39, 0.29) is 11.3 Å². The van der Waals surface area contributed by atoms with Gasteiger partial charge in [0, 0.05) is 22.1 Å². The molecule has 1 aromatic heterocycles. The van der Waals surface area contributed by atoms with Crippen molar-refractivity contribution in [2.75, 3.05) is 19.4 Å². The fourth-order valence-electron chi connectivity index (χ4n) is 3.68. The van der Waals surface area contributed by atoms with Crippen LogP contribution in [0.1, 0.15) is 24.8 Å². The molecule has 1 aliphatic carbocycles. The molecule has 3 aromatic rings. The zero-order valence-electron chi connectivity index (χ0n) is 16.7. The second-order valence-corrected chi connectivity index (χ2v) is 9.25. The van der Waals surface area contributed by atoms with Crippen LogP contribution in [0.2, 0.25) is 0 Å². The first-order valence-electron chi connectivity index (χ1n) is 9.80. The molecular weight excluding hydrogens is 464 g/mol. The second kappa shape index (κ2) is 9.22. The highest BCUT2D eigenvalue weighted by molar-refractivity contribution is 9.10. The third kappa shape index (κ3) is 4.54. The molecule has 0 unspecified atom stereocenters. The summed E-state index contributed by atoms with van der Waals surface area (Å²) in [6.45, 7) is 0.661. The molecule has 6 nitrogen and oxygen atoms in total. The van der Waals surface area contributed by atoms with Gasteiger partial charge in [0.05, 0.1) is 12.9 Å². The Morgan fingerprint density at radius 3 is 2.73 bits per heavy atom. The van der Waals surface area contributed by atoms with Crippen LogP contribution in [0, 0.1) is 0 Å². The van der Waals surface area contributed by atoms with Crippen LogP contribution < -0.4 is 10.1 Å². The molecule has 8 heteroatoms. The van der Waals surface area contributed by atoms with Gasteiger partial charge in [-0.05, 0) is 54.8 Å². The Hall–Kier alpha value is -2.32. The minimum absolute atomic E-state index is 0.00514. The molecule has 0 bridgehead atoms. The van der Waals surface area contributed by atoms with E-state index in [1.54, 1.807) is 13.4 Å². The number of hydrogen-bond acceptors (Lipinski definition) is 5. The fraction of sp³-hybridized carbons (Fsp3) is 0.318. The molecule has 156 valence electrons. The molecule has 0 aliphatic heterocycles. The minimum atomic E-state index is 0.00514. The lowest BCUT2D eigenvalue weighted by Gasteiger charge is -2.42. The molecule has 1 aliphatic rings. The van der Waals surface area contributed by atoms with Crippen molar-refractivity contribution >= 4 is 33.6 Å². The number of nitrogens with zero attached hydrogens (tertiary/aromatic N) is 3. The summed E-state index contributed by atoms with van der Waals surface area (Å²) in [7, 11) is 1.64. The molecular formula is C22H23BrN4O2S. The summed E-state index contributed by atoms with van der Waals surface area (Å²) in [6, 6.07) is 16.1. The minimum Gasteiger partial charge on any atom is -0.497 e.